The average molecular weight is 182 g/mol. The van der Waals surface area contributed by atoms with Gasteiger partial charge in [-0.05, 0) is 31.1 Å². The summed E-state index contributed by atoms with van der Waals surface area (Å²) in [5, 5.41) is 0. The summed E-state index contributed by atoms with van der Waals surface area (Å²) < 4.78 is 0. The molecule has 0 spiro atoms. The summed E-state index contributed by atoms with van der Waals surface area (Å²) >= 11 is 0. The minimum absolute atomic E-state index is 0.812. The van der Waals surface area contributed by atoms with Crippen molar-refractivity contribution in [3.8, 4) is 0 Å². The molecule has 0 saturated heterocycles. The Morgan fingerprint density at radius 1 is 0.846 bits per heavy atom. The molecule has 0 rings (SSSR count). The summed E-state index contributed by atoms with van der Waals surface area (Å²) in [7, 11) is 0. The SMILES string of the molecule is CC(C)C/C=C\CCCCC(C)C. The summed E-state index contributed by atoms with van der Waals surface area (Å²) in [6.07, 6.45) is 11.3. The molecular formula is C13H26. The van der Waals surface area contributed by atoms with Crippen LogP contribution in [-0.4, -0.2) is 0 Å². The average Bonchev–Trinajstić information content (AvgIpc) is 2.01. The second-order valence-corrected chi connectivity index (χ2v) is 4.78. The van der Waals surface area contributed by atoms with Gasteiger partial charge in [0.1, 0.15) is 0 Å². The summed E-state index contributed by atoms with van der Waals surface area (Å²) in [5.74, 6) is 1.69. The highest BCUT2D eigenvalue weighted by Gasteiger charge is 1.92. The molecule has 0 aliphatic rings. The third-order valence-corrected chi connectivity index (χ3v) is 2.18. The third-order valence-electron chi connectivity index (χ3n) is 2.18. The van der Waals surface area contributed by atoms with Crippen LogP contribution in [0.2, 0.25) is 0 Å². The van der Waals surface area contributed by atoms with Gasteiger partial charge < -0.3 is 0 Å². The van der Waals surface area contributed by atoms with E-state index in [4.69, 9.17) is 0 Å². The van der Waals surface area contributed by atoms with Crippen molar-refractivity contribution in [2.24, 2.45) is 11.8 Å². The summed E-state index contributed by atoms with van der Waals surface area (Å²) in [5.41, 5.74) is 0. The van der Waals surface area contributed by atoms with Crippen molar-refractivity contribution < 1.29 is 0 Å². The van der Waals surface area contributed by atoms with Gasteiger partial charge in [-0.1, -0.05) is 52.7 Å². The Morgan fingerprint density at radius 3 is 2.08 bits per heavy atom. The van der Waals surface area contributed by atoms with E-state index in [9.17, 15) is 0 Å². The van der Waals surface area contributed by atoms with Crippen molar-refractivity contribution in [1.82, 2.24) is 0 Å². The van der Waals surface area contributed by atoms with Gasteiger partial charge in [0, 0.05) is 0 Å². The molecule has 0 aromatic rings. The Hall–Kier alpha value is -0.260. The second-order valence-electron chi connectivity index (χ2n) is 4.78. The van der Waals surface area contributed by atoms with E-state index in [1.165, 1.54) is 32.1 Å². The fraction of sp³-hybridized carbons (Fsp3) is 0.846. The summed E-state index contributed by atoms with van der Waals surface area (Å²) in [6.45, 7) is 9.13. The van der Waals surface area contributed by atoms with E-state index in [0.717, 1.165) is 11.8 Å². The van der Waals surface area contributed by atoms with E-state index in [0.29, 0.717) is 0 Å². The van der Waals surface area contributed by atoms with Gasteiger partial charge in [0.25, 0.3) is 0 Å². The van der Waals surface area contributed by atoms with Crippen molar-refractivity contribution >= 4 is 0 Å². The second kappa shape index (κ2) is 8.34. The van der Waals surface area contributed by atoms with E-state index in [-0.39, 0.29) is 0 Å². The number of rotatable bonds is 7. The molecule has 0 fully saturated rings. The van der Waals surface area contributed by atoms with Crippen molar-refractivity contribution in [2.75, 3.05) is 0 Å². The highest BCUT2D eigenvalue weighted by atomic mass is 14.0. The lowest BCUT2D eigenvalue weighted by Crippen LogP contribution is -1.86. The molecule has 0 aliphatic carbocycles. The lowest BCUT2D eigenvalue weighted by Gasteiger charge is -2.02. The van der Waals surface area contributed by atoms with Gasteiger partial charge in [-0.25, -0.2) is 0 Å². The smallest absolute Gasteiger partial charge is 0.0327 e. The quantitative estimate of drug-likeness (QED) is 0.392. The van der Waals surface area contributed by atoms with Crippen molar-refractivity contribution in [1.29, 1.82) is 0 Å². The zero-order chi connectivity index (χ0) is 10.1. The highest BCUT2D eigenvalue weighted by Crippen LogP contribution is 2.09. The molecule has 0 aromatic heterocycles. The molecule has 78 valence electrons. The van der Waals surface area contributed by atoms with E-state index in [2.05, 4.69) is 39.8 Å². The monoisotopic (exact) mass is 182 g/mol. The van der Waals surface area contributed by atoms with E-state index >= 15 is 0 Å². The molecule has 0 nitrogen and oxygen atoms in total. The highest BCUT2D eigenvalue weighted by molar-refractivity contribution is 4.82. The minimum Gasteiger partial charge on any atom is -0.0885 e. The van der Waals surface area contributed by atoms with Gasteiger partial charge in [-0.15, -0.1) is 0 Å². The molecule has 0 bridgehead atoms. The number of allylic oxidation sites excluding steroid dienone is 2. The molecule has 0 unspecified atom stereocenters. The third kappa shape index (κ3) is 11.7. The largest absolute Gasteiger partial charge is 0.0885 e. The van der Waals surface area contributed by atoms with Gasteiger partial charge in [0.05, 0.1) is 0 Å². The predicted molar refractivity (Wildman–Crippen MR) is 61.9 cm³/mol. The molecule has 0 heterocycles. The fourth-order valence-electron chi connectivity index (χ4n) is 1.30. The van der Waals surface area contributed by atoms with Crippen LogP contribution in [-0.2, 0) is 0 Å². The Bertz CT molecular complexity index is 120. The van der Waals surface area contributed by atoms with Gasteiger partial charge in [0.15, 0.2) is 0 Å². The molecule has 0 amide bonds. The van der Waals surface area contributed by atoms with Gasteiger partial charge in [-0.3, -0.25) is 0 Å². The molecule has 0 N–H and O–H groups in total. The molecule has 0 aromatic carbocycles. The van der Waals surface area contributed by atoms with Crippen LogP contribution in [0.1, 0.15) is 59.8 Å². The number of hydrogen-bond donors (Lipinski definition) is 0. The molecule has 0 heteroatoms. The van der Waals surface area contributed by atoms with Crippen LogP contribution in [0.5, 0.6) is 0 Å². The standard InChI is InChI=1S/C13H26/c1-12(2)10-8-6-5-7-9-11-13(3)4/h6,8,12-13H,5,7,9-11H2,1-4H3/b8-6-. The molecule has 13 heavy (non-hydrogen) atoms. The first kappa shape index (κ1) is 12.7. The maximum atomic E-state index is 2.35. The molecule has 0 aliphatic heterocycles. The topological polar surface area (TPSA) is 0 Å². The first-order valence-electron chi connectivity index (χ1n) is 5.78. The summed E-state index contributed by atoms with van der Waals surface area (Å²) in [6, 6.07) is 0. The van der Waals surface area contributed by atoms with Gasteiger partial charge in [-0.2, -0.15) is 0 Å². The first-order valence-corrected chi connectivity index (χ1v) is 5.78. The Balaban J connectivity index is 3.11. The van der Waals surface area contributed by atoms with Crippen molar-refractivity contribution in [2.45, 2.75) is 59.8 Å². The van der Waals surface area contributed by atoms with E-state index in [1.54, 1.807) is 0 Å². The lowest BCUT2D eigenvalue weighted by atomic mass is 10.0. The minimum atomic E-state index is 0.812. The maximum Gasteiger partial charge on any atom is -0.0327 e. The van der Waals surface area contributed by atoms with Crippen molar-refractivity contribution in [3.63, 3.8) is 0 Å². The Morgan fingerprint density at radius 2 is 1.54 bits per heavy atom. The molecule has 0 radical (unpaired) electrons. The van der Waals surface area contributed by atoms with Crippen LogP contribution in [0.15, 0.2) is 12.2 Å². The predicted octanol–water partition coefficient (Wildman–Crippen LogP) is 4.81. The van der Waals surface area contributed by atoms with Gasteiger partial charge in [0.2, 0.25) is 0 Å². The van der Waals surface area contributed by atoms with Crippen LogP contribution in [0.4, 0.5) is 0 Å². The Labute approximate surface area is 84.4 Å². The zero-order valence-electron chi connectivity index (χ0n) is 9.84. The van der Waals surface area contributed by atoms with Crippen LogP contribution in [0, 0.1) is 11.8 Å². The van der Waals surface area contributed by atoms with E-state index in [1.807, 2.05) is 0 Å². The van der Waals surface area contributed by atoms with Crippen molar-refractivity contribution in [3.05, 3.63) is 12.2 Å². The zero-order valence-corrected chi connectivity index (χ0v) is 9.84. The first-order chi connectivity index (χ1) is 6.13. The number of unbranched alkanes of at least 4 members (excludes halogenated alkanes) is 2. The number of hydrogen-bond acceptors (Lipinski definition) is 0. The normalized spacial score (nSPS) is 12.2. The Kier molecular flexibility index (Phi) is 8.18. The lowest BCUT2D eigenvalue weighted by molar-refractivity contribution is 0.540. The van der Waals surface area contributed by atoms with Crippen LogP contribution in [0.3, 0.4) is 0 Å². The van der Waals surface area contributed by atoms with Gasteiger partial charge >= 0.3 is 0 Å². The maximum absolute atomic E-state index is 2.35. The molecular weight excluding hydrogens is 156 g/mol. The molecule has 0 saturated carbocycles. The molecule has 0 atom stereocenters. The van der Waals surface area contributed by atoms with Crippen LogP contribution >= 0.6 is 0 Å². The van der Waals surface area contributed by atoms with Crippen LogP contribution in [0.25, 0.3) is 0 Å². The summed E-state index contributed by atoms with van der Waals surface area (Å²) in [4.78, 5) is 0. The van der Waals surface area contributed by atoms with E-state index < -0.39 is 0 Å². The van der Waals surface area contributed by atoms with Crippen LogP contribution < -0.4 is 0 Å². The fourth-order valence-corrected chi connectivity index (χ4v) is 1.30.